The Morgan fingerprint density at radius 3 is 2.78 bits per heavy atom. The van der Waals surface area contributed by atoms with Gasteiger partial charge < -0.3 is 14.7 Å². The van der Waals surface area contributed by atoms with E-state index < -0.39 is 22.2 Å². The van der Waals surface area contributed by atoms with Crippen LogP contribution in [-0.4, -0.2) is 72.4 Å². The second-order valence-corrected chi connectivity index (χ2v) is 11.3. The molecule has 1 aliphatic heterocycles. The first-order valence-electron chi connectivity index (χ1n) is 12.2. The van der Waals surface area contributed by atoms with Gasteiger partial charge in [0.05, 0.1) is 49.0 Å². The van der Waals surface area contributed by atoms with Crippen LogP contribution >= 0.6 is 0 Å². The number of nitrogens with zero attached hydrogens (tertiary/aromatic N) is 5. The Bertz CT molecular complexity index is 1310. The minimum atomic E-state index is -3.43. The molecule has 194 valence electrons. The Morgan fingerprint density at radius 2 is 2.14 bits per heavy atom. The monoisotopic (exact) mass is 514 g/mol. The van der Waals surface area contributed by atoms with Crippen LogP contribution in [0.25, 0.3) is 16.6 Å². The second kappa shape index (κ2) is 10.9. The van der Waals surface area contributed by atoms with Crippen LogP contribution in [0.1, 0.15) is 32.8 Å². The number of anilines is 1. The molecular formula is C25H34N6O4S. The van der Waals surface area contributed by atoms with Crippen molar-refractivity contribution in [2.45, 2.75) is 45.9 Å². The molecule has 0 amide bonds. The quantitative estimate of drug-likeness (QED) is 0.399. The number of fused-ring (bicyclic) bond motifs is 1. The van der Waals surface area contributed by atoms with Gasteiger partial charge in [0, 0.05) is 36.0 Å². The van der Waals surface area contributed by atoms with Gasteiger partial charge in [-0.15, -0.1) is 0 Å². The van der Waals surface area contributed by atoms with Gasteiger partial charge in [0.25, 0.3) is 0 Å². The molecule has 1 aliphatic rings. The molecule has 0 aromatic carbocycles. The molecule has 0 unspecified atom stereocenters. The van der Waals surface area contributed by atoms with Crippen molar-refractivity contribution in [1.82, 2.24) is 19.3 Å². The van der Waals surface area contributed by atoms with Crippen LogP contribution in [0.2, 0.25) is 0 Å². The van der Waals surface area contributed by atoms with Crippen molar-refractivity contribution in [3.8, 4) is 16.9 Å². The summed E-state index contributed by atoms with van der Waals surface area (Å²) in [6, 6.07) is 5.37. The van der Waals surface area contributed by atoms with E-state index in [2.05, 4.69) is 26.5 Å². The normalized spacial score (nSPS) is 18.6. The van der Waals surface area contributed by atoms with Crippen LogP contribution in [0.5, 0.6) is 5.75 Å². The molecule has 3 aromatic rings. The third kappa shape index (κ3) is 5.85. The Kier molecular flexibility index (Phi) is 7.91. The van der Waals surface area contributed by atoms with Crippen LogP contribution in [0, 0.1) is 5.92 Å². The van der Waals surface area contributed by atoms with E-state index in [0.29, 0.717) is 38.4 Å². The van der Waals surface area contributed by atoms with Crippen LogP contribution in [-0.2, 0) is 16.6 Å². The number of piperidine rings is 1. The van der Waals surface area contributed by atoms with E-state index >= 15 is 0 Å². The smallest absolute Gasteiger partial charge is 0.212 e. The number of aliphatic imine (C=N–C) groups is 1. The Hall–Kier alpha value is -3.02. The molecule has 36 heavy (non-hydrogen) atoms. The van der Waals surface area contributed by atoms with Gasteiger partial charge in [-0.3, -0.25) is 4.99 Å². The predicted octanol–water partition coefficient (Wildman–Crippen LogP) is 2.51. The van der Waals surface area contributed by atoms with Crippen molar-refractivity contribution in [2.24, 2.45) is 10.9 Å². The highest BCUT2D eigenvalue weighted by Gasteiger charge is 2.31. The number of hydrogen-bond donors (Lipinski definition) is 2. The van der Waals surface area contributed by atoms with E-state index in [1.807, 2.05) is 50.1 Å². The standard InChI is InChI=1S/C25H34N6O4S/c1-5-35-20-10-21(25-19(11-26-4)13-28-31(25)14-20)18-6-7-24(27-12-18)30-9-8-22(23(32)15-30)29-36(33,34)16-17(2)3/h6-7,10,12-14,17,22-23,29,32H,4-5,8-9,11,15-16H2,1-3H3/t22-,23-/m0/s1. The molecule has 0 saturated carbocycles. The largest absolute Gasteiger partial charge is 0.492 e. The van der Waals surface area contributed by atoms with Crippen molar-refractivity contribution in [3.63, 3.8) is 0 Å². The molecule has 2 atom stereocenters. The zero-order valence-corrected chi connectivity index (χ0v) is 21.8. The zero-order valence-electron chi connectivity index (χ0n) is 21.0. The summed E-state index contributed by atoms with van der Waals surface area (Å²) < 4.78 is 34.8. The van der Waals surface area contributed by atoms with E-state index in [1.165, 1.54) is 0 Å². The lowest BCUT2D eigenvalue weighted by Gasteiger charge is -2.36. The predicted molar refractivity (Wildman–Crippen MR) is 141 cm³/mol. The zero-order chi connectivity index (χ0) is 25.9. The highest BCUT2D eigenvalue weighted by Crippen LogP contribution is 2.32. The maximum absolute atomic E-state index is 12.3. The number of rotatable bonds is 10. The third-order valence-electron chi connectivity index (χ3n) is 6.10. The first-order chi connectivity index (χ1) is 17.2. The Morgan fingerprint density at radius 1 is 1.33 bits per heavy atom. The SMILES string of the molecule is C=NCc1cnn2cc(OCC)cc(-c3ccc(N4CC[C@H](NS(=O)(=O)CC(C)C)[C@@H](O)C4)nc3)c12. The first-order valence-corrected chi connectivity index (χ1v) is 13.8. The number of nitrogens with one attached hydrogen (secondary N) is 1. The number of pyridine rings is 2. The first kappa shape index (κ1) is 26.1. The molecule has 3 aromatic heterocycles. The molecule has 1 saturated heterocycles. The fourth-order valence-corrected chi connectivity index (χ4v) is 6.30. The van der Waals surface area contributed by atoms with Crippen LogP contribution < -0.4 is 14.4 Å². The van der Waals surface area contributed by atoms with Crippen LogP contribution in [0.15, 0.2) is 41.8 Å². The number of sulfonamides is 1. The molecule has 1 fully saturated rings. The van der Waals surface area contributed by atoms with E-state index in [1.54, 1.807) is 16.9 Å². The molecule has 4 rings (SSSR count). The number of hydrogen-bond acceptors (Lipinski definition) is 8. The average Bonchev–Trinajstić information content (AvgIpc) is 3.22. The van der Waals surface area contributed by atoms with Crippen molar-refractivity contribution in [2.75, 3.05) is 30.3 Å². The molecule has 0 spiro atoms. The second-order valence-electron chi connectivity index (χ2n) is 9.47. The minimum absolute atomic E-state index is 0.0181. The van der Waals surface area contributed by atoms with E-state index in [0.717, 1.165) is 28.0 Å². The van der Waals surface area contributed by atoms with Crippen LogP contribution in [0.4, 0.5) is 5.82 Å². The fourth-order valence-electron chi connectivity index (χ4n) is 4.59. The van der Waals surface area contributed by atoms with Crippen molar-refractivity contribution < 1.29 is 18.3 Å². The summed E-state index contributed by atoms with van der Waals surface area (Å²) in [6.07, 6.45) is 5.09. The number of aliphatic hydroxyl groups excluding tert-OH is 1. The number of aliphatic hydroxyl groups is 1. The van der Waals surface area contributed by atoms with E-state index in [-0.39, 0.29) is 11.7 Å². The van der Waals surface area contributed by atoms with Gasteiger partial charge in [-0.25, -0.2) is 22.6 Å². The van der Waals surface area contributed by atoms with Gasteiger partial charge in [-0.2, -0.15) is 5.10 Å². The number of β-amino-alcohol motifs (C(OH)–C–C–N with tert-alkyl or cyclic N) is 1. The maximum atomic E-state index is 12.3. The summed E-state index contributed by atoms with van der Waals surface area (Å²) in [4.78, 5) is 10.7. The van der Waals surface area contributed by atoms with E-state index in [9.17, 15) is 13.5 Å². The van der Waals surface area contributed by atoms with Gasteiger partial charge >= 0.3 is 0 Å². The van der Waals surface area contributed by atoms with Crippen molar-refractivity contribution >= 4 is 28.1 Å². The summed E-state index contributed by atoms with van der Waals surface area (Å²) in [5.74, 6) is 1.49. The minimum Gasteiger partial charge on any atom is -0.492 e. The van der Waals surface area contributed by atoms with Gasteiger partial charge in [-0.05, 0) is 44.2 Å². The summed E-state index contributed by atoms with van der Waals surface area (Å²) >= 11 is 0. The lowest BCUT2D eigenvalue weighted by molar-refractivity contribution is 0.124. The lowest BCUT2D eigenvalue weighted by Crippen LogP contribution is -2.54. The molecule has 0 aliphatic carbocycles. The molecule has 0 bridgehead atoms. The van der Waals surface area contributed by atoms with Gasteiger partial charge in [0.1, 0.15) is 11.6 Å². The van der Waals surface area contributed by atoms with E-state index in [4.69, 9.17) is 4.74 Å². The third-order valence-corrected chi connectivity index (χ3v) is 7.87. The Balaban J connectivity index is 1.54. The van der Waals surface area contributed by atoms with Crippen molar-refractivity contribution in [1.29, 1.82) is 0 Å². The number of ether oxygens (including phenoxy) is 1. The lowest BCUT2D eigenvalue weighted by atomic mass is 10.0. The molecular weight excluding hydrogens is 480 g/mol. The van der Waals surface area contributed by atoms with Gasteiger partial charge in [-0.1, -0.05) is 13.8 Å². The number of aromatic nitrogens is 3. The summed E-state index contributed by atoms with van der Waals surface area (Å²) in [6.45, 7) is 11.1. The maximum Gasteiger partial charge on any atom is 0.212 e. The molecule has 4 heterocycles. The molecule has 0 radical (unpaired) electrons. The molecule has 11 heteroatoms. The van der Waals surface area contributed by atoms with Gasteiger partial charge in [0.2, 0.25) is 10.0 Å². The highest BCUT2D eigenvalue weighted by molar-refractivity contribution is 7.89. The summed E-state index contributed by atoms with van der Waals surface area (Å²) in [5, 5.41) is 15.1. The summed E-state index contributed by atoms with van der Waals surface area (Å²) in [7, 11) is -3.43. The summed E-state index contributed by atoms with van der Waals surface area (Å²) in [5.41, 5.74) is 3.70. The highest BCUT2D eigenvalue weighted by atomic mass is 32.2. The average molecular weight is 515 g/mol. The Labute approximate surface area is 212 Å². The molecule has 2 N–H and O–H groups in total. The van der Waals surface area contributed by atoms with Crippen LogP contribution in [0.3, 0.4) is 0 Å². The van der Waals surface area contributed by atoms with Crippen molar-refractivity contribution in [3.05, 3.63) is 42.4 Å². The topological polar surface area (TPSA) is 121 Å². The van der Waals surface area contributed by atoms with Gasteiger partial charge in [0.15, 0.2) is 0 Å². The fraction of sp³-hybridized carbons (Fsp3) is 0.480. The molecule has 10 nitrogen and oxygen atoms in total.